The van der Waals surface area contributed by atoms with Crippen LogP contribution in [0.15, 0.2) is 18.2 Å². The Hall–Kier alpha value is -0.610. The lowest BCUT2D eigenvalue weighted by Gasteiger charge is -2.15. The molecule has 0 heterocycles. The quantitative estimate of drug-likeness (QED) is 0.859. The molecular formula is C12H16F2OS. The molecule has 0 aliphatic heterocycles. The number of aliphatic hydroxyl groups excluding tert-OH is 1. The van der Waals surface area contributed by atoms with Crippen molar-refractivity contribution in [2.75, 3.05) is 12.4 Å². The molecule has 1 N–H and O–H groups in total. The maximum atomic E-state index is 13.4. The Kier molecular flexibility index (Phi) is 5.22. The van der Waals surface area contributed by atoms with Crippen molar-refractivity contribution < 1.29 is 13.9 Å². The Bertz CT molecular complexity index is 324. The van der Waals surface area contributed by atoms with Gasteiger partial charge in [-0.1, -0.05) is 13.0 Å². The van der Waals surface area contributed by atoms with Gasteiger partial charge >= 0.3 is 0 Å². The number of hydrogen-bond acceptors (Lipinski definition) is 2. The van der Waals surface area contributed by atoms with Gasteiger partial charge in [-0.25, -0.2) is 8.78 Å². The second kappa shape index (κ2) is 6.21. The van der Waals surface area contributed by atoms with Crippen LogP contribution in [0.3, 0.4) is 0 Å². The molecule has 0 amide bonds. The molecule has 0 radical (unpaired) electrons. The summed E-state index contributed by atoms with van der Waals surface area (Å²) < 4.78 is 26.8. The van der Waals surface area contributed by atoms with E-state index in [1.165, 1.54) is 30.0 Å². The molecule has 0 spiro atoms. The van der Waals surface area contributed by atoms with Crippen LogP contribution in [0.1, 0.15) is 24.7 Å². The van der Waals surface area contributed by atoms with Gasteiger partial charge in [-0.2, -0.15) is 11.8 Å². The largest absolute Gasteiger partial charge is 0.396 e. The third-order valence-corrected chi connectivity index (χ3v) is 3.85. The molecule has 0 fully saturated rings. The Morgan fingerprint density at radius 1 is 1.25 bits per heavy atom. The molecule has 0 saturated carbocycles. The third-order valence-electron chi connectivity index (χ3n) is 2.35. The van der Waals surface area contributed by atoms with E-state index in [4.69, 9.17) is 5.11 Å². The summed E-state index contributed by atoms with van der Waals surface area (Å²) in [6, 6.07) is 3.90. The highest BCUT2D eigenvalue weighted by Crippen LogP contribution is 2.32. The minimum absolute atomic E-state index is 0.0967. The summed E-state index contributed by atoms with van der Waals surface area (Å²) in [5.41, 5.74) is 0.123. The van der Waals surface area contributed by atoms with Crippen molar-refractivity contribution >= 4 is 11.8 Å². The summed E-state index contributed by atoms with van der Waals surface area (Å²) in [4.78, 5) is 0. The van der Waals surface area contributed by atoms with Gasteiger partial charge in [0, 0.05) is 17.4 Å². The van der Waals surface area contributed by atoms with Gasteiger partial charge in [0.05, 0.1) is 0 Å². The smallest absolute Gasteiger partial charge is 0.130 e. The number of thioether (sulfide) groups is 1. The van der Waals surface area contributed by atoms with Gasteiger partial charge in [0.15, 0.2) is 0 Å². The van der Waals surface area contributed by atoms with Gasteiger partial charge in [-0.05, 0) is 30.7 Å². The molecule has 0 aliphatic rings. The lowest BCUT2D eigenvalue weighted by molar-refractivity contribution is 0.250. The average molecular weight is 246 g/mol. The van der Waals surface area contributed by atoms with Crippen molar-refractivity contribution in [3.8, 4) is 0 Å². The average Bonchev–Trinajstić information content (AvgIpc) is 2.25. The van der Waals surface area contributed by atoms with Crippen LogP contribution in [-0.4, -0.2) is 17.5 Å². The molecule has 0 aliphatic carbocycles. The van der Waals surface area contributed by atoms with Gasteiger partial charge in [-0.15, -0.1) is 0 Å². The first-order chi connectivity index (χ1) is 7.56. The monoisotopic (exact) mass is 246 g/mol. The summed E-state index contributed by atoms with van der Waals surface area (Å²) in [5.74, 6) is -0.179. The van der Waals surface area contributed by atoms with Crippen LogP contribution in [0.4, 0.5) is 8.78 Å². The predicted molar refractivity (Wildman–Crippen MR) is 63.5 cm³/mol. The van der Waals surface area contributed by atoms with Crippen LogP contribution >= 0.6 is 11.8 Å². The van der Waals surface area contributed by atoms with Gasteiger partial charge in [-0.3, -0.25) is 0 Å². The van der Waals surface area contributed by atoms with Crippen LogP contribution < -0.4 is 0 Å². The minimum Gasteiger partial charge on any atom is -0.396 e. The van der Waals surface area contributed by atoms with Crippen molar-refractivity contribution in [3.63, 3.8) is 0 Å². The summed E-state index contributed by atoms with van der Waals surface area (Å²) >= 11 is 1.45. The van der Waals surface area contributed by atoms with Crippen LogP contribution in [0.5, 0.6) is 0 Å². The SMILES string of the molecule is CC(CO)CSC(C)c1c(F)cccc1F. The van der Waals surface area contributed by atoms with Crippen molar-refractivity contribution in [1.29, 1.82) is 0 Å². The Morgan fingerprint density at radius 2 is 1.81 bits per heavy atom. The number of hydrogen-bond donors (Lipinski definition) is 1. The molecule has 16 heavy (non-hydrogen) atoms. The fraction of sp³-hybridized carbons (Fsp3) is 0.500. The molecule has 1 rings (SSSR count). The van der Waals surface area contributed by atoms with E-state index in [9.17, 15) is 8.78 Å². The first-order valence-corrected chi connectivity index (χ1v) is 6.27. The summed E-state index contributed by atoms with van der Waals surface area (Å²) in [6.07, 6.45) is 0. The number of rotatable bonds is 5. The highest BCUT2D eigenvalue weighted by molar-refractivity contribution is 7.99. The summed E-state index contributed by atoms with van der Waals surface area (Å²) in [7, 11) is 0. The lowest BCUT2D eigenvalue weighted by atomic mass is 10.1. The van der Waals surface area contributed by atoms with E-state index in [0.29, 0.717) is 5.75 Å². The fourth-order valence-electron chi connectivity index (χ4n) is 1.34. The van der Waals surface area contributed by atoms with E-state index in [-0.39, 0.29) is 23.3 Å². The molecule has 90 valence electrons. The maximum Gasteiger partial charge on any atom is 0.130 e. The number of benzene rings is 1. The molecule has 2 atom stereocenters. The van der Waals surface area contributed by atoms with Crippen LogP contribution in [0, 0.1) is 17.6 Å². The molecule has 0 bridgehead atoms. The molecule has 1 nitrogen and oxygen atoms in total. The molecule has 4 heteroatoms. The highest BCUT2D eigenvalue weighted by atomic mass is 32.2. The lowest BCUT2D eigenvalue weighted by Crippen LogP contribution is -2.06. The predicted octanol–water partition coefficient (Wildman–Crippen LogP) is 3.39. The van der Waals surface area contributed by atoms with Crippen molar-refractivity contribution in [1.82, 2.24) is 0 Å². The van der Waals surface area contributed by atoms with E-state index in [1.54, 1.807) is 6.92 Å². The number of halogens is 2. The molecule has 0 aromatic heterocycles. The Labute approximate surface area is 98.9 Å². The Balaban J connectivity index is 2.69. The standard InChI is InChI=1S/C12H16F2OS/c1-8(6-15)7-16-9(2)12-10(13)4-3-5-11(12)14/h3-5,8-9,15H,6-7H2,1-2H3. The molecule has 0 saturated heterocycles. The fourth-order valence-corrected chi connectivity index (χ4v) is 2.46. The van der Waals surface area contributed by atoms with Crippen LogP contribution in [-0.2, 0) is 0 Å². The van der Waals surface area contributed by atoms with E-state index in [2.05, 4.69) is 0 Å². The Morgan fingerprint density at radius 3 is 2.31 bits per heavy atom. The molecule has 1 aromatic carbocycles. The van der Waals surface area contributed by atoms with E-state index in [0.717, 1.165) is 0 Å². The normalized spacial score (nSPS) is 14.8. The molecule has 2 unspecified atom stereocenters. The first-order valence-electron chi connectivity index (χ1n) is 5.22. The summed E-state index contributed by atoms with van der Waals surface area (Å²) in [5, 5.41) is 8.63. The van der Waals surface area contributed by atoms with Gasteiger partial charge in [0.2, 0.25) is 0 Å². The number of aliphatic hydroxyl groups is 1. The zero-order chi connectivity index (χ0) is 12.1. The van der Waals surface area contributed by atoms with Crippen molar-refractivity contribution in [2.45, 2.75) is 19.1 Å². The molecular weight excluding hydrogens is 230 g/mol. The van der Waals surface area contributed by atoms with Gasteiger partial charge in [0.25, 0.3) is 0 Å². The summed E-state index contributed by atoms with van der Waals surface area (Å²) in [6.45, 7) is 3.77. The van der Waals surface area contributed by atoms with Crippen molar-refractivity contribution in [3.05, 3.63) is 35.4 Å². The topological polar surface area (TPSA) is 20.2 Å². The van der Waals surface area contributed by atoms with Crippen LogP contribution in [0.2, 0.25) is 0 Å². The van der Waals surface area contributed by atoms with Crippen molar-refractivity contribution in [2.24, 2.45) is 5.92 Å². The second-order valence-electron chi connectivity index (χ2n) is 3.90. The highest BCUT2D eigenvalue weighted by Gasteiger charge is 2.16. The van der Waals surface area contributed by atoms with E-state index < -0.39 is 11.6 Å². The maximum absolute atomic E-state index is 13.4. The first kappa shape index (κ1) is 13.5. The minimum atomic E-state index is -0.503. The van der Waals surface area contributed by atoms with E-state index in [1.807, 2.05) is 6.92 Å². The van der Waals surface area contributed by atoms with Gasteiger partial charge < -0.3 is 5.11 Å². The van der Waals surface area contributed by atoms with E-state index >= 15 is 0 Å². The van der Waals surface area contributed by atoms with Gasteiger partial charge in [0.1, 0.15) is 11.6 Å². The third kappa shape index (κ3) is 3.46. The van der Waals surface area contributed by atoms with Crippen LogP contribution in [0.25, 0.3) is 0 Å². The zero-order valence-corrected chi connectivity index (χ0v) is 10.2. The zero-order valence-electron chi connectivity index (χ0n) is 9.41. The molecule has 1 aromatic rings. The second-order valence-corrected chi connectivity index (χ2v) is 5.27.